The predicted octanol–water partition coefficient (Wildman–Crippen LogP) is 2.68. The van der Waals surface area contributed by atoms with E-state index in [1.807, 2.05) is 0 Å². The molecule has 0 saturated carbocycles. The molecular weight excluding hydrogens is 363 g/mol. The predicted molar refractivity (Wildman–Crippen MR) is 89.4 cm³/mol. The zero-order valence-electron chi connectivity index (χ0n) is 14.1. The van der Waals surface area contributed by atoms with Crippen molar-refractivity contribution in [1.29, 1.82) is 0 Å². The van der Waals surface area contributed by atoms with E-state index < -0.39 is 42.6 Å². The monoisotopic (exact) mass is 379 g/mol. The van der Waals surface area contributed by atoms with Crippen molar-refractivity contribution < 1.29 is 32.3 Å². The first-order valence-corrected chi connectivity index (χ1v) is 7.92. The van der Waals surface area contributed by atoms with Gasteiger partial charge in [-0.05, 0) is 17.2 Å². The number of carbonyl (C=O) groups excluding carboxylic acids is 3. The molecule has 2 aromatic carbocycles. The molecule has 0 heterocycles. The number of hydrogen-bond donors (Lipinski definition) is 1. The molecule has 0 aliphatic carbocycles. The van der Waals surface area contributed by atoms with E-state index in [9.17, 15) is 27.6 Å². The fourth-order valence-corrected chi connectivity index (χ4v) is 2.24. The maximum Gasteiger partial charge on any atom is 0.416 e. The fourth-order valence-electron chi connectivity index (χ4n) is 2.24. The van der Waals surface area contributed by atoms with Crippen LogP contribution in [0, 0.1) is 0 Å². The Morgan fingerprint density at radius 2 is 1.52 bits per heavy atom. The molecule has 27 heavy (non-hydrogen) atoms. The van der Waals surface area contributed by atoms with Gasteiger partial charge in [-0.15, -0.1) is 0 Å². The van der Waals surface area contributed by atoms with Crippen LogP contribution in [0.25, 0.3) is 0 Å². The number of rotatable bonds is 6. The smallest absolute Gasteiger partial charge is 0.416 e. The second-order valence-corrected chi connectivity index (χ2v) is 5.67. The maximum atomic E-state index is 12.6. The van der Waals surface area contributed by atoms with E-state index in [0.29, 0.717) is 5.56 Å². The van der Waals surface area contributed by atoms with E-state index in [1.54, 1.807) is 30.3 Å². The van der Waals surface area contributed by atoms with E-state index in [2.05, 4.69) is 5.32 Å². The Morgan fingerprint density at radius 3 is 2.19 bits per heavy atom. The van der Waals surface area contributed by atoms with Crippen molar-refractivity contribution in [2.24, 2.45) is 0 Å². The molecule has 5 nitrogen and oxygen atoms in total. The Bertz CT molecular complexity index is 819. The first kappa shape index (κ1) is 20.2. The van der Waals surface area contributed by atoms with Crippen molar-refractivity contribution >= 4 is 17.8 Å². The second kappa shape index (κ2) is 8.98. The van der Waals surface area contributed by atoms with E-state index >= 15 is 0 Å². The molecule has 0 radical (unpaired) electrons. The average molecular weight is 379 g/mol. The summed E-state index contributed by atoms with van der Waals surface area (Å²) in [6, 6.07) is 13.0. The second-order valence-electron chi connectivity index (χ2n) is 5.67. The summed E-state index contributed by atoms with van der Waals surface area (Å²) in [4.78, 5) is 35.0. The Hall–Kier alpha value is -3.16. The minimum Gasteiger partial charge on any atom is -0.455 e. The lowest BCUT2D eigenvalue weighted by Crippen LogP contribution is -2.35. The lowest BCUT2D eigenvalue weighted by atomic mass is 10.1. The highest BCUT2D eigenvalue weighted by Crippen LogP contribution is 2.29. The SMILES string of the molecule is O=C(COC(=O)Cc1cccc(C(F)(F)F)c1)NC(=O)Cc1ccccc1. The molecule has 0 atom stereocenters. The average Bonchev–Trinajstić information content (AvgIpc) is 2.60. The molecule has 2 rings (SSSR count). The van der Waals surface area contributed by atoms with Crippen molar-refractivity contribution in [2.75, 3.05) is 6.61 Å². The Morgan fingerprint density at radius 1 is 0.852 bits per heavy atom. The molecule has 0 spiro atoms. The molecule has 8 heteroatoms. The first-order valence-electron chi connectivity index (χ1n) is 7.92. The van der Waals surface area contributed by atoms with Crippen molar-refractivity contribution in [3.05, 3.63) is 71.3 Å². The summed E-state index contributed by atoms with van der Waals surface area (Å²) in [6.45, 7) is -0.696. The summed E-state index contributed by atoms with van der Waals surface area (Å²) in [5, 5.41) is 2.07. The lowest BCUT2D eigenvalue weighted by molar-refractivity contribution is -0.149. The lowest BCUT2D eigenvalue weighted by Gasteiger charge is -2.09. The maximum absolute atomic E-state index is 12.6. The minimum absolute atomic E-state index is 0.00917. The number of amides is 2. The third-order valence-electron chi connectivity index (χ3n) is 3.45. The van der Waals surface area contributed by atoms with Gasteiger partial charge in [-0.2, -0.15) is 13.2 Å². The quantitative estimate of drug-likeness (QED) is 0.784. The summed E-state index contributed by atoms with van der Waals surface area (Å²) in [7, 11) is 0. The van der Waals surface area contributed by atoms with E-state index in [1.165, 1.54) is 12.1 Å². The number of ether oxygens (including phenoxy) is 1. The van der Waals surface area contributed by atoms with Crippen LogP contribution >= 0.6 is 0 Å². The van der Waals surface area contributed by atoms with Gasteiger partial charge in [-0.3, -0.25) is 19.7 Å². The van der Waals surface area contributed by atoms with Gasteiger partial charge in [0.15, 0.2) is 6.61 Å². The Balaban J connectivity index is 1.78. The van der Waals surface area contributed by atoms with Crippen LogP contribution in [-0.2, 0) is 38.1 Å². The van der Waals surface area contributed by atoms with E-state index in [0.717, 1.165) is 12.1 Å². The summed E-state index contributed by atoms with van der Waals surface area (Å²) in [6.07, 6.45) is -4.95. The molecule has 0 aromatic heterocycles. The molecule has 0 saturated heterocycles. The fraction of sp³-hybridized carbons (Fsp3) is 0.211. The Labute approximate surface area is 153 Å². The largest absolute Gasteiger partial charge is 0.455 e. The van der Waals surface area contributed by atoms with E-state index in [-0.39, 0.29) is 12.0 Å². The molecule has 0 unspecified atom stereocenters. The number of esters is 1. The zero-order valence-corrected chi connectivity index (χ0v) is 14.1. The van der Waals surface area contributed by atoms with Gasteiger partial charge in [0.1, 0.15) is 0 Å². The normalized spacial score (nSPS) is 10.9. The van der Waals surface area contributed by atoms with Crippen LogP contribution < -0.4 is 5.32 Å². The van der Waals surface area contributed by atoms with Gasteiger partial charge in [0, 0.05) is 0 Å². The number of alkyl halides is 3. The van der Waals surface area contributed by atoms with Crippen LogP contribution in [0.5, 0.6) is 0 Å². The number of benzene rings is 2. The Kier molecular flexibility index (Phi) is 6.70. The topological polar surface area (TPSA) is 72.5 Å². The number of hydrogen-bond acceptors (Lipinski definition) is 4. The van der Waals surface area contributed by atoms with E-state index in [4.69, 9.17) is 4.74 Å². The first-order chi connectivity index (χ1) is 12.7. The van der Waals surface area contributed by atoms with Gasteiger partial charge in [-0.1, -0.05) is 48.5 Å². The molecule has 0 aliphatic heterocycles. The molecule has 0 aliphatic rings. The molecule has 142 valence electrons. The van der Waals surface area contributed by atoms with Crippen LogP contribution in [0.3, 0.4) is 0 Å². The van der Waals surface area contributed by atoms with Crippen LogP contribution in [0.4, 0.5) is 13.2 Å². The number of halogens is 3. The van der Waals surface area contributed by atoms with Crippen molar-refractivity contribution in [2.45, 2.75) is 19.0 Å². The molecule has 2 aromatic rings. The van der Waals surface area contributed by atoms with Gasteiger partial charge < -0.3 is 4.74 Å². The molecule has 0 bridgehead atoms. The third-order valence-corrected chi connectivity index (χ3v) is 3.45. The summed E-state index contributed by atoms with van der Waals surface area (Å²) in [5.41, 5.74) is -0.0585. The van der Waals surface area contributed by atoms with Crippen LogP contribution in [0.2, 0.25) is 0 Å². The molecule has 2 amide bonds. The zero-order chi connectivity index (χ0) is 19.9. The van der Waals surface area contributed by atoms with Crippen molar-refractivity contribution in [3.8, 4) is 0 Å². The minimum atomic E-state index is -4.51. The summed E-state index contributed by atoms with van der Waals surface area (Å²) in [5.74, 6) is -2.24. The van der Waals surface area contributed by atoms with Crippen LogP contribution in [0.1, 0.15) is 16.7 Å². The van der Waals surface area contributed by atoms with Crippen LogP contribution in [-0.4, -0.2) is 24.4 Å². The van der Waals surface area contributed by atoms with Crippen LogP contribution in [0.15, 0.2) is 54.6 Å². The highest BCUT2D eigenvalue weighted by Gasteiger charge is 2.30. The van der Waals surface area contributed by atoms with Gasteiger partial charge >= 0.3 is 12.1 Å². The van der Waals surface area contributed by atoms with Gasteiger partial charge in [0.05, 0.1) is 18.4 Å². The summed E-state index contributed by atoms with van der Waals surface area (Å²) < 4.78 is 42.6. The van der Waals surface area contributed by atoms with Crippen molar-refractivity contribution in [1.82, 2.24) is 5.32 Å². The molecule has 1 N–H and O–H groups in total. The van der Waals surface area contributed by atoms with Crippen molar-refractivity contribution in [3.63, 3.8) is 0 Å². The van der Waals surface area contributed by atoms with Gasteiger partial charge in [0.2, 0.25) is 5.91 Å². The standard InChI is InChI=1S/C19H16F3NO4/c20-19(21,22)15-8-4-7-14(9-15)11-18(26)27-12-17(25)23-16(24)10-13-5-2-1-3-6-13/h1-9H,10-12H2,(H,23,24,25). The van der Waals surface area contributed by atoms with Gasteiger partial charge in [-0.25, -0.2) is 0 Å². The number of carbonyl (C=O) groups is 3. The number of nitrogens with one attached hydrogen (secondary N) is 1. The number of imide groups is 1. The third kappa shape index (κ3) is 6.93. The molecular formula is C19H16F3NO4. The summed E-state index contributed by atoms with van der Waals surface area (Å²) >= 11 is 0. The van der Waals surface area contributed by atoms with Gasteiger partial charge in [0.25, 0.3) is 5.91 Å². The highest BCUT2D eigenvalue weighted by atomic mass is 19.4. The highest BCUT2D eigenvalue weighted by molar-refractivity contribution is 5.97. The molecule has 0 fully saturated rings.